The molecular formula is C26H36F2N4O2. The number of fused-ring (bicyclic) bond motifs is 2. The first kappa shape index (κ1) is 24.6. The number of alkyl halides is 2. The fraction of sp³-hybridized carbons (Fsp3) is 0.615. The van der Waals surface area contributed by atoms with Gasteiger partial charge < -0.3 is 14.5 Å². The highest BCUT2D eigenvalue weighted by molar-refractivity contribution is 5.75. The van der Waals surface area contributed by atoms with Gasteiger partial charge in [-0.3, -0.25) is 9.48 Å². The molecule has 0 atom stereocenters. The molecule has 4 heterocycles. The van der Waals surface area contributed by atoms with Crippen LogP contribution in [0.25, 0.3) is 0 Å². The molecule has 1 aromatic carbocycles. The van der Waals surface area contributed by atoms with Gasteiger partial charge in [0.15, 0.2) is 5.82 Å². The van der Waals surface area contributed by atoms with Gasteiger partial charge >= 0.3 is 0 Å². The highest BCUT2D eigenvalue weighted by Gasteiger charge is 2.33. The fourth-order valence-electron chi connectivity index (χ4n) is 5.37. The van der Waals surface area contributed by atoms with E-state index in [0.717, 1.165) is 74.5 Å². The first-order chi connectivity index (χ1) is 16.4. The average molecular weight is 475 g/mol. The molecule has 0 bridgehead atoms. The van der Waals surface area contributed by atoms with Crippen LogP contribution in [-0.4, -0.2) is 46.9 Å². The number of carbonyl (C=O) groups is 1. The molecule has 0 radical (unpaired) electrons. The number of aryl methyl sites for hydroxylation is 2. The number of amides is 1. The van der Waals surface area contributed by atoms with Crippen LogP contribution in [0.2, 0.25) is 0 Å². The molecule has 2 aromatic rings. The third-order valence-corrected chi connectivity index (χ3v) is 7.12. The van der Waals surface area contributed by atoms with Crippen molar-refractivity contribution in [3.63, 3.8) is 0 Å². The van der Waals surface area contributed by atoms with E-state index in [-0.39, 0.29) is 17.5 Å². The average Bonchev–Trinajstić information content (AvgIpc) is 3.23. The Labute approximate surface area is 200 Å². The van der Waals surface area contributed by atoms with Crippen LogP contribution in [0.5, 0.6) is 0 Å². The summed E-state index contributed by atoms with van der Waals surface area (Å²) in [7, 11) is 0. The van der Waals surface area contributed by atoms with E-state index in [9.17, 15) is 13.6 Å². The molecule has 3 aliphatic rings. The van der Waals surface area contributed by atoms with Gasteiger partial charge in [-0.1, -0.05) is 19.9 Å². The summed E-state index contributed by atoms with van der Waals surface area (Å²) >= 11 is 0. The SMILES string of the molecule is CC.CC(=O)N1CCc2c(c(N3CCCc4cc(C)c(C(F)F)cc43)nn2C2CCOCC2)C1. The van der Waals surface area contributed by atoms with Crippen molar-refractivity contribution in [2.45, 2.75) is 78.8 Å². The highest BCUT2D eigenvalue weighted by Crippen LogP contribution is 2.41. The molecule has 0 saturated carbocycles. The van der Waals surface area contributed by atoms with E-state index < -0.39 is 6.43 Å². The van der Waals surface area contributed by atoms with Gasteiger partial charge in [0.1, 0.15) is 0 Å². The van der Waals surface area contributed by atoms with E-state index in [1.54, 1.807) is 19.9 Å². The van der Waals surface area contributed by atoms with Gasteiger partial charge in [0, 0.05) is 62.2 Å². The Morgan fingerprint density at radius 2 is 1.88 bits per heavy atom. The highest BCUT2D eigenvalue weighted by atomic mass is 19.3. The summed E-state index contributed by atoms with van der Waals surface area (Å²) in [5.41, 5.74) is 4.88. The van der Waals surface area contributed by atoms with E-state index in [1.807, 2.05) is 24.8 Å². The summed E-state index contributed by atoms with van der Waals surface area (Å²) in [5.74, 6) is 0.873. The predicted molar refractivity (Wildman–Crippen MR) is 129 cm³/mol. The molecule has 1 amide bonds. The van der Waals surface area contributed by atoms with Crippen molar-refractivity contribution in [2.24, 2.45) is 0 Å². The second-order valence-corrected chi connectivity index (χ2v) is 9.12. The summed E-state index contributed by atoms with van der Waals surface area (Å²) in [5, 5.41) is 5.09. The number of anilines is 2. The molecule has 8 heteroatoms. The van der Waals surface area contributed by atoms with Gasteiger partial charge in [-0.15, -0.1) is 0 Å². The lowest BCUT2D eigenvalue weighted by Crippen LogP contribution is -2.36. The third-order valence-electron chi connectivity index (χ3n) is 7.12. The smallest absolute Gasteiger partial charge is 0.264 e. The molecule has 1 aromatic heterocycles. The van der Waals surface area contributed by atoms with E-state index in [2.05, 4.69) is 9.58 Å². The zero-order valence-corrected chi connectivity index (χ0v) is 20.7. The van der Waals surface area contributed by atoms with Crippen LogP contribution in [0.15, 0.2) is 12.1 Å². The van der Waals surface area contributed by atoms with Gasteiger partial charge in [0.2, 0.25) is 5.91 Å². The molecule has 1 saturated heterocycles. The molecule has 3 aliphatic heterocycles. The summed E-state index contributed by atoms with van der Waals surface area (Å²) in [4.78, 5) is 16.1. The standard InChI is InChI=1S/C24H30F2N4O2.C2H6/c1-15-12-17-4-3-8-29(22(17)13-19(15)23(25)26)24-20-14-28(16(2)31)9-5-21(20)30(27-24)18-6-10-32-11-7-18;1-2/h12-13,18,23H,3-11,14H2,1-2H3;1-2H3. The molecule has 34 heavy (non-hydrogen) atoms. The summed E-state index contributed by atoms with van der Waals surface area (Å²) in [6, 6.07) is 3.83. The van der Waals surface area contributed by atoms with Crippen LogP contribution in [0.3, 0.4) is 0 Å². The van der Waals surface area contributed by atoms with Crippen LogP contribution in [0, 0.1) is 6.92 Å². The Hall–Kier alpha value is -2.48. The summed E-state index contributed by atoms with van der Waals surface area (Å²) < 4.78 is 35.1. The number of nitrogens with zero attached hydrogens (tertiary/aromatic N) is 4. The Morgan fingerprint density at radius 3 is 2.56 bits per heavy atom. The first-order valence-corrected chi connectivity index (χ1v) is 12.6. The number of hydrogen-bond acceptors (Lipinski definition) is 4. The number of halogens is 2. The monoisotopic (exact) mass is 474 g/mol. The Bertz CT molecular complexity index is 1030. The van der Waals surface area contributed by atoms with Gasteiger partial charge in [-0.2, -0.15) is 5.10 Å². The molecule has 0 N–H and O–H groups in total. The second-order valence-electron chi connectivity index (χ2n) is 9.12. The maximum absolute atomic E-state index is 13.7. The molecule has 0 aliphatic carbocycles. The van der Waals surface area contributed by atoms with Crippen LogP contribution >= 0.6 is 0 Å². The Kier molecular flexibility index (Phi) is 7.55. The van der Waals surface area contributed by atoms with Crippen molar-refractivity contribution >= 4 is 17.4 Å². The zero-order chi connectivity index (χ0) is 24.4. The Morgan fingerprint density at radius 1 is 1.15 bits per heavy atom. The van der Waals surface area contributed by atoms with Gasteiger partial charge in [-0.05, 0) is 49.8 Å². The lowest BCUT2D eigenvalue weighted by Gasteiger charge is -2.33. The van der Waals surface area contributed by atoms with E-state index in [0.29, 0.717) is 18.7 Å². The molecule has 0 spiro atoms. The van der Waals surface area contributed by atoms with Crippen LogP contribution in [-0.2, 0) is 28.9 Å². The lowest BCUT2D eigenvalue weighted by molar-refractivity contribution is -0.129. The number of carbonyl (C=O) groups excluding carboxylic acids is 1. The van der Waals surface area contributed by atoms with Gasteiger partial charge in [0.25, 0.3) is 6.43 Å². The maximum Gasteiger partial charge on any atom is 0.264 e. The van der Waals surface area contributed by atoms with Gasteiger partial charge in [0.05, 0.1) is 12.6 Å². The summed E-state index contributed by atoms with van der Waals surface area (Å²) in [6.45, 7) is 10.7. The molecule has 0 unspecified atom stereocenters. The van der Waals surface area contributed by atoms with E-state index in [4.69, 9.17) is 9.84 Å². The van der Waals surface area contributed by atoms with E-state index >= 15 is 0 Å². The minimum absolute atomic E-state index is 0.0510. The normalized spacial score (nSPS) is 18.3. The van der Waals surface area contributed by atoms with E-state index in [1.165, 1.54) is 5.69 Å². The quantitative estimate of drug-likeness (QED) is 0.590. The topological polar surface area (TPSA) is 50.6 Å². The minimum Gasteiger partial charge on any atom is -0.381 e. The van der Waals surface area contributed by atoms with Crippen LogP contribution in [0.4, 0.5) is 20.3 Å². The lowest BCUT2D eigenvalue weighted by atomic mass is 9.95. The van der Waals surface area contributed by atoms with Crippen molar-refractivity contribution in [1.82, 2.24) is 14.7 Å². The number of hydrogen-bond donors (Lipinski definition) is 0. The third kappa shape index (κ3) is 4.57. The molecule has 1 fully saturated rings. The van der Waals surface area contributed by atoms with Crippen molar-refractivity contribution in [1.29, 1.82) is 0 Å². The summed E-state index contributed by atoms with van der Waals surface area (Å²) in [6.07, 6.45) is 1.89. The Balaban J connectivity index is 0.00000133. The molecule has 186 valence electrons. The van der Waals surface area contributed by atoms with Gasteiger partial charge in [-0.25, -0.2) is 8.78 Å². The number of aromatic nitrogens is 2. The first-order valence-electron chi connectivity index (χ1n) is 12.6. The zero-order valence-electron chi connectivity index (χ0n) is 20.7. The number of benzene rings is 1. The van der Waals surface area contributed by atoms with Crippen molar-refractivity contribution < 1.29 is 18.3 Å². The van der Waals surface area contributed by atoms with Crippen LogP contribution < -0.4 is 4.90 Å². The van der Waals surface area contributed by atoms with Crippen molar-refractivity contribution in [3.05, 3.63) is 40.1 Å². The number of ether oxygens (including phenoxy) is 1. The molecule has 5 rings (SSSR count). The number of rotatable bonds is 3. The maximum atomic E-state index is 13.7. The molecular weight excluding hydrogens is 438 g/mol. The van der Waals surface area contributed by atoms with Crippen molar-refractivity contribution in [3.8, 4) is 0 Å². The second kappa shape index (κ2) is 10.4. The minimum atomic E-state index is -2.51. The fourth-order valence-corrected chi connectivity index (χ4v) is 5.37. The molecule has 6 nitrogen and oxygen atoms in total. The van der Waals surface area contributed by atoms with Crippen LogP contribution in [0.1, 0.15) is 80.4 Å². The predicted octanol–water partition coefficient (Wildman–Crippen LogP) is 5.50. The largest absolute Gasteiger partial charge is 0.381 e. The van der Waals surface area contributed by atoms with Crippen molar-refractivity contribution in [2.75, 3.05) is 31.2 Å².